The molecular weight excluding hydrogens is 326 g/mol. The van der Waals surface area contributed by atoms with E-state index in [1.807, 2.05) is 25.3 Å². The molecule has 0 spiro atoms. The van der Waals surface area contributed by atoms with E-state index in [4.69, 9.17) is 4.74 Å². The Kier molecular flexibility index (Phi) is 4.35. The highest BCUT2D eigenvalue weighted by Crippen LogP contribution is 2.21. The second-order valence-corrected chi connectivity index (χ2v) is 6.33. The van der Waals surface area contributed by atoms with Crippen LogP contribution in [-0.2, 0) is 11.3 Å². The van der Waals surface area contributed by atoms with Crippen LogP contribution >= 0.6 is 11.3 Å². The molecule has 0 radical (unpaired) electrons. The molecule has 2 heterocycles. The monoisotopic (exact) mass is 343 g/mol. The molecule has 2 aromatic heterocycles. The molecule has 6 nitrogen and oxygen atoms in total. The van der Waals surface area contributed by atoms with Crippen molar-refractivity contribution in [3.8, 4) is 0 Å². The van der Waals surface area contributed by atoms with Crippen LogP contribution < -0.4 is 10.9 Å². The van der Waals surface area contributed by atoms with Crippen molar-refractivity contribution in [2.24, 2.45) is 0 Å². The molecule has 124 valence electrons. The molecule has 0 saturated carbocycles. The van der Waals surface area contributed by atoms with Gasteiger partial charge in [-0.2, -0.15) is 0 Å². The summed E-state index contributed by atoms with van der Waals surface area (Å²) in [5.74, 6) is -0.365. The molecule has 7 heteroatoms. The number of ether oxygens (including phenoxy) is 1. The first kappa shape index (κ1) is 16.2. The van der Waals surface area contributed by atoms with Crippen LogP contribution in [0.1, 0.15) is 27.2 Å². The first-order valence-electron chi connectivity index (χ1n) is 7.39. The molecule has 3 rings (SSSR count). The summed E-state index contributed by atoms with van der Waals surface area (Å²) >= 11 is 1.41. The van der Waals surface area contributed by atoms with Crippen molar-refractivity contribution in [1.82, 2.24) is 9.38 Å². The van der Waals surface area contributed by atoms with Crippen LogP contribution in [0, 0.1) is 13.8 Å². The number of carbonyl (C=O) groups excluding carboxylic acids is 1. The molecule has 3 aromatic rings. The number of carbonyl (C=O) groups is 1. The Hall–Kier alpha value is -2.67. The second-order valence-electron chi connectivity index (χ2n) is 5.45. The summed E-state index contributed by atoms with van der Waals surface area (Å²) in [6, 6.07) is 5.22. The van der Waals surface area contributed by atoms with Gasteiger partial charge in [0.05, 0.1) is 24.9 Å². The summed E-state index contributed by atoms with van der Waals surface area (Å²) in [7, 11) is 1.37. The van der Waals surface area contributed by atoms with Crippen molar-refractivity contribution < 1.29 is 9.53 Å². The molecule has 1 aromatic carbocycles. The van der Waals surface area contributed by atoms with Crippen LogP contribution in [0.25, 0.3) is 4.96 Å². The fraction of sp³-hybridized carbons (Fsp3) is 0.235. The van der Waals surface area contributed by atoms with Crippen LogP contribution in [0.5, 0.6) is 0 Å². The quantitative estimate of drug-likeness (QED) is 0.738. The number of fused-ring (bicyclic) bond motifs is 1. The number of thiazole rings is 1. The van der Waals surface area contributed by atoms with Crippen LogP contribution in [0.15, 0.2) is 34.6 Å². The lowest BCUT2D eigenvalue weighted by atomic mass is 10.0. The predicted molar refractivity (Wildman–Crippen MR) is 93.9 cm³/mol. The van der Waals surface area contributed by atoms with E-state index in [1.165, 1.54) is 28.9 Å². The van der Waals surface area contributed by atoms with Gasteiger partial charge in [-0.25, -0.2) is 9.78 Å². The zero-order valence-electron chi connectivity index (χ0n) is 13.6. The number of methoxy groups -OCH3 is 1. The molecule has 0 saturated heterocycles. The topological polar surface area (TPSA) is 72.7 Å². The Labute approximate surface area is 142 Å². The average molecular weight is 343 g/mol. The fourth-order valence-electron chi connectivity index (χ4n) is 2.45. The summed E-state index contributed by atoms with van der Waals surface area (Å²) in [6.07, 6.45) is 1.71. The maximum Gasteiger partial charge on any atom is 0.338 e. The number of nitrogens with zero attached hydrogens (tertiary/aromatic N) is 2. The largest absolute Gasteiger partial charge is 0.465 e. The van der Waals surface area contributed by atoms with Crippen molar-refractivity contribution in [1.29, 1.82) is 0 Å². The zero-order valence-corrected chi connectivity index (χ0v) is 14.4. The molecule has 0 aliphatic heterocycles. The molecule has 0 atom stereocenters. The van der Waals surface area contributed by atoms with Gasteiger partial charge in [0.25, 0.3) is 5.56 Å². The SMILES string of the molecule is COC(=O)c1cc(NCc2cc(=O)n3ccsc3n2)cc(C)c1C. The Balaban J connectivity index is 1.86. The first-order valence-corrected chi connectivity index (χ1v) is 8.27. The van der Waals surface area contributed by atoms with E-state index >= 15 is 0 Å². The van der Waals surface area contributed by atoms with Crippen molar-refractivity contribution in [2.75, 3.05) is 12.4 Å². The minimum Gasteiger partial charge on any atom is -0.465 e. The molecule has 0 bridgehead atoms. The minimum atomic E-state index is -0.365. The normalized spacial score (nSPS) is 10.8. The van der Waals surface area contributed by atoms with Crippen LogP contribution in [0.4, 0.5) is 5.69 Å². The number of anilines is 1. The zero-order chi connectivity index (χ0) is 17.3. The van der Waals surface area contributed by atoms with Gasteiger partial charge in [-0.3, -0.25) is 9.20 Å². The van der Waals surface area contributed by atoms with Crippen molar-refractivity contribution >= 4 is 28.0 Å². The van der Waals surface area contributed by atoms with Crippen molar-refractivity contribution in [2.45, 2.75) is 20.4 Å². The molecule has 0 amide bonds. The first-order chi connectivity index (χ1) is 11.5. The fourth-order valence-corrected chi connectivity index (χ4v) is 3.19. The number of rotatable bonds is 4. The third-order valence-corrected chi connectivity index (χ3v) is 4.66. The maximum absolute atomic E-state index is 12.0. The van der Waals surface area contributed by atoms with Gasteiger partial charge in [0.1, 0.15) is 0 Å². The van der Waals surface area contributed by atoms with E-state index in [0.29, 0.717) is 22.8 Å². The smallest absolute Gasteiger partial charge is 0.338 e. The van der Waals surface area contributed by atoms with Crippen molar-refractivity contribution in [3.05, 3.63) is 62.5 Å². The third-order valence-electron chi connectivity index (χ3n) is 3.90. The van der Waals surface area contributed by atoms with E-state index in [9.17, 15) is 9.59 Å². The van der Waals surface area contributed by atoms with Crippen LogP contribution in [0.2, 0.25) is 0 Å². The van der Waals surface area contributed by atoms with Gasteiger partial charge in [0, 0.05) is 23.3 Å². The van der Waals surface area contributed by atoms with E-state index in [1.54, 1.807) is 12.3 Å². The minimum absolute atomic E-state index is 0.103. The van der Waals surface area contributed by atoms with E-state index in [2.05, 4.69) is 10.3 Å². The predicted octanol–water partition coefficient (Wildman–Crippen LogP) is 2.77. The summed E-state index contributed by atoms with van der Waals surface area (Å²) in [5.41, 5.74) is 3.74. The van der Waals surface area contributed by atoms with E-state index < -0.39 is 0 Å². The van der Waals surface area contributed by atoms with Crippen LogP contribution in [0.3, 0.4) is 0 Å². The van der Waals surface area contributed by atoms with Crippen molar-refractivity contribution in [3.63, 3.8) is 0 Å². The number of hydrogen-bond acceptors (Lipinski definition) is 6. The van der Waals surface area contributed by atoms with Gasteiger partial charge < -0.3 is 10.1 Å². The summed E-state index contributed by atoms with van der Waals surface area (Å²) in [5, 5.41) is 5.04. The second kappa shape index (κ2) is 6.45. The summed E-state index contributed by atoms with van der Waals surface area (Å²) in [4.78, 5) is 29.0. The molecule has 0 aliphatic rings. The number of aryl methyl sites for hydroxylation is 1. The standard InChI is InChI=1S/C17H17N3O3S/c1-10-6-12(7-14(11(10)2)16(22)23-3)18-9-13-8-15(21)20-4-5-24-17(20)19-13/h4-8,18H,9H2,1-3H3. The number of aromatic nitrogens is 2. The Morgan fingerprint density at radius 1 is 1.33 bits per heavy atom. The molecule has 0 unspecified atom stereocenters. The number of esters is 1. The maximum atomic E-state index is 12.0. The molecular formula is C17H17N3O3S. The Morgan fingerprint density at radius 3 is 2.88 bits per heavy atom. The van der Waals surface area contributed by atoms with Gasteiger partial charge >= 0.3 is 5.97 Å². The molecule has 0 aliphatic carbocycles. The number of nitrogens with one attached hydrogen (secondary N) is 1. The van der Waals surface area contributed by atoms with Gasteiger partial charge in [0.2, 0.25) is 0 Å². The van der Waals surface area contributed by atoms with Gasteiger partial charge in [-0.1, -0.05) is 0 Å². The molecule has 24 heavy (non-hydrogen) atoms. The summed E-state index contributed by atoms with van der Waals surface area (Å²) < 4.78 is 6.34. The highest BCUT2D eigenvalue weighted by Gasteiger charge is 2.13. The van der Waals surface area contributed by atoms with E-state index in [-0.39, 0.29) is 11.5 Å². The lowest BCUT2D eigenvalue weighted by Crippen LogP contribution is -2.15. The lowest BCUT2D eigenvalue weighted by Gasteiger charge is -2.12. The van der Waals surface area contributed by atoms with Gasteiger partial charge in [0.15, 0.2) is 4.96 Å². The molecule has 0 fully saturated rings. The van der Waals surface area contributed by atoms with E-state index in [0.717, 1.165) is 16.8 Å². The number of hydrogen-bond donors (Lipinski definition) is 1. The molecule has 1 N–H and O–H groups in total. The van der Waals surface area contributed by atoms with Crippen LogP contribution in [-0.4, -0.2) is 22.5 Å². The highest BCUT2D eigenvalue weighted by atomic mass is 32.1. The summed E-state index contributed by atoms with van der Waals surface area (Å²) in [6.45, 7) is 4.22. The Bertz CT molecular complexity index is 975. The Morgan fingerprint density at radius 2 is 2.12 bits per heavy atom. The third kappa shape index (κ3) is 3.03. The van der Waals surface area contributed by atoms with Gasteiger partial charge in [-0.15, -0.1) is 11.3 Å². The number of benzene rings is 1. The van der Waals surface area contributed by atoms with Gasteiger partial charge in [-0.05, 0) is 37.1 Å². The average Bonchev–Trinajstić information content (AvgIpc) is 3.04. The lowest BCUT2D eigenvalue weighted by molar-refractivity contribution is 0.0600. The highest BCUT2D eigenvalue weighted by molar-refractivity contribution is 7.15.